The second-order valence-electron chi connectivity index (χ2n) is 10.9. The van der Waals surface area contributed by atoms with Crippen molar-refractivity contribution >= 4 is 32.5 Å². The summed E-state index contributed by atoms with van der Waals surface area (Å²) < 4.78 is 34.4. The smallest absolute Gasteiger partial charge is 0.268 e. The van der Waals surface area contributed by atoms with E-state index in [2.05, 4.69) is 35.8 Å². The summed E-state index contributed by atoms with van der Waals surface area (Å²) in [5.74, 6) is 0.479. The summed E-state index contributed by atoms with van der Waals surface area (Å²) in [5.41, 5.74) is 4.96. The minimum Gasteiger partial charge on any atom is -0.497 e. The number of carbonyl (C=O) groups excluding carboxylic acids is 1. The van der Waals surface area contributed by atoms with Gasteiger partial charge in [-0.2, -0.15) is 0 Å². The van der Waals surface area contributed by atoms with Gasteiger partial charge in [0.1, 0.15) is 11.4 Å². The summed E-state index contributed by atoms with van der Waals surface area (Å²) in [7, 11) is -2.21. The molecule has 41 heavy (non-hydrogen) atoms. The van der Waals surface area contributed by atoms with Gasteiger partial charge in [0.15, 0.2) is 0 Å². The summed E-state index contributed by atoms with van der Waals surface area (Å²) >= 11 is 0. The first-order chi connectivity index (χ1) is 19.5. The maximum absolute atomic E-state index is 13.4. The minimum absolute atomic E-state index is 0.0818. The number of ether oxygens (including phenoxy) is 1. The maximum Gasteiger partial charge on any atom is 0.268 e. The molecule has 1 amide bonds. The number of aromatic amines is 1. The third-order valence-electron chi connectivity index (χ3n) is 6.98. The highest BCUT2D eigenvalue weighted by Crippen LogP contribution is 2.35. The molecule has 0 aliphatic heterocycles. The molecule has 0 unspecified atom stereocenters. The van der Waals surface area contributed by atoms with Crippen molar-refractivity contribution in [3.8, 4) is 16.9 Å². The summed E-state index contributed by atoms with van der Waals surface area (Å²) in [6, 6.07) is 29.2. The van der Waals surface area contributed by atoms with Crippen LogP contribution in [0.3, 0.4) is 0 Å². The predicted octanol–water partition coefficient (Wildman–Crippen LogP) is 6.87. The summed E-state index contributed by atoms with van der Waals surface area (Å²) in [6.07, 6.45) is 0. The Labute approximate surface area is 240 Å². The van der Waals surface area contributed by atoms with Crippen LogP contribution < -0.4 is 14.8 Å². The average Bonchev–Trinajstić information content (AvgIpc) is 3.35. The lowest BCUT2D eigenvalue weighted by molar-refractivity contribution is 0.0947. The topological polar surface area (TPSA) is 100 Å². The molecule has 5 rings (SSSR count). The number of aromatic nitrogens is 1. The molecule has 0 aliphatic carbocycles. The number of methoxy groups -OCH3 is 1. The molecule has 4 aromatic carbocycles. The van der Waals surface area contributed by atoms with Crippen LogP contribution in [-0.4, -0.2) is 26.4 Å². The number of fused-ring (bicyclic) bond motifs is 1. The second kappa shape index (κ2) is 11.1. The highest BCUT2D eigenvalue weighted by atomic mass is 32.2. The lowest BCUT2D eigenvalue weighted by Crippen LogP contribution is -2.23. The number of hydrogen-bond acceptors (Lipinski definition) is 4. The molecule has 0 fully saturated rings. The van der Waals surface area contributed by atoms with Gasteiger partial charge < -0.3 is 15.0 Å². The Bertz CT molecular complexity index is 1790. The van der Waals surface area contributed by atoms with E-state index >= 15 is 0 Å². The molecule has 210 valence electrons. The molecule has 7 nitrogen and oxygen atoms in total. The molecule has 0 saturated heterocycles. The normalized spacial score (nSPS) is 11.8. The number of carbonyl (C=O) groups is 1. The van der Waals surface area contributed by atoms with Crippen molar-refractivity contribution < 1.29 is 17.9 Å². The van der Waals surface area contributed by atoms with E-state index in [-0.39, 0.29) is 16.2 Å². The van der Waals surface area contributed by atoms with Gasteiger partial charge in [0.05, 0.1) is 12.0 Å². The number of amides is 1. The van der Waals surface area contributed by atoms with Crippen LogP contribution in [0.4, 0.5) is 5.69 Å². The lowest BCUT2D eigenvalue weighted by Gasteiger charge is -2.19. The Morgan fingerprint density at radius 2 is 1.56 bits per heavy atom. The zero-order valence-corrected chi connectivity index (χ0v) is 24.3. The van der Waals surface area contributed by atoms with Crippen molar-refractivity contribution in [3.05, 3.63) is 114 Å². The number of sulfonamides is 1. The largest absolute Gasteiger partial charge is 0.497 e. The number of nitrogens with one attached hydrogen (secondary N) is 3. The first kappa shape index (κ1) is 28.0. The van der Waals surface area contributed by atoms with E-state index in [4.69, 9.17) is 4.74 Å². The molecule has 0 aliphatic rings. The van der Waals surface area contributed by atoms with Gasteiger partial charge in [-0.25, -0.2) is 8.42 Å². The van der Waals surface area contributed by atoms with Crippen molar-refractivity contribution in [1.29, 1.82) is 0 Å². The molecule has 0 saturated carbocycles. The molecule has 0 radical (unpaired) electrons. The average molecular weight is 568 g/mol. The Morgan fingerprint density at radius 3 is 2.20 bits per heavy atom. The Morgan fingerprint density at radius 1 is 0.878 bits per heavy atom. The van der Waals surface area contributed by atoms with Crippen LogP contribution in [0.2, 0.25) is 0 Å². The van der Waals surface area contributed by atoms with Crippen LogP contribution in [0.25, 0.3) is 22.0 Å². The van der Waals surface area contributed by atoms with E-state index in [1.807, 2.05) is 66.7 Å². The fraction of sp³-hybridized carbons (Fsp3) is 0.182. The third-order valence-corrected chi connectivity index (χ3v) is 8.38. The maximum atomic E-state index is 13.4. The minimum atomic E-state index is -3.82. The molecule has 0 spiro atoms. The number of anilines is 1. The van der Waals surface area contributed by atoms with Crippen molar-refractivity contribution in [3.63, 3.8) is 0 Å². The number of hydrogen-bond donors (Lipinski definition) is 3. The number of benzene rings is 4. The molecule has 3 N–H and O–H groups in total. The highest BCUT2D eigenvalue weighted by molar-refractivity contribution is 7.92. The van der Waals surface area contributed by atoms with Crippen molar-refractivity contribution in [1.82, 2.24) is 10.3 Å². The van der Waals surface area contributed by atoms with Gasteiger partial charge in [0.2, 0.25) is 0 Å². The van der Waals surface area contributed by atoms with Crippen molar-refractivity contribution in [2.45, 2.75) is 37.6 Å². The Hall–Kier alpha value is -4.56. The van der Waals surface area contributed by atoms with Crippen LogP contribution in [0.15, 0.2) is 102 Å². The Balaban J connectivity index is 1.47. The fourth-order valence-corrected chi connectivity index (χ4v) is 5.74. The zero-order chi connectivity index (χ0) is 29.2. The monoisotopic (exact) mass is 567 g/mol. The van der Waals surface area contributed by atoms with Gasteiger partial charge >= 0.3 is 0 Å². The van der Waals surface area contributed by atoms with E-state index in [9.17, 15) is 13.2 Å². The van der Waals surface area contributed by atoms with Gasteiger partial charge in [0.25, 0.3) is 15.9 Å². The van der Waals surface area contributed by atoms with E-state index in [0.717, 1.165) is 33.3 Å². The zero-order valence-electron chi connectivity index (χ0n) is 23.5. The first-order valence-electron chi connectivity index (χ1n) is 13.3. The third kappa shape index (κ3) is 6.12. The molecule has 0 bridgehead atoms. The second-order valence-corrected chi connectivity index (χ2v) is 12.6. The van der Waals surface area contributed by atoms with E-state index < -0.39 is 10.0 Å². The van der Waals surface area contributed by atoms with Gasteiger partial charge in [-0.1, -0.05) is 75.4 Å². The molecule has 5 aromatic rings. The van der Waals surface area contributed by atoms with Crippen LogP contribution in [0, 0.1) is 0 Å². The first-order valence-corrected chi connectivity index (χ1v) is 14.8. The predicted molar refractivity (Wildman–Crippen MR) is 164 cm³/mol. The lowest BCUT2D eigenvalue weighted by atomic mass is 9.87. The standard InChI is InChI=1S/C33H33N3O4S/c1-33(2,3)24-12-17-27(18-13-24)41(38,39)36-25-14-19-29-28(20-25)30(23-8-6-5-7-9-23)31(35-29)32(37)34-21-22-10-15-26(40-4)16-11-22/h5-20,35-36H,21H2,1-4H3,(H,34,37). The van der Waals surface area contributed by atoms with E-state index in [1.165, 1.54) is 0 Å². The Kier molecular flexibility index (Phi) is 7.60. The van der Waals surface area contributed by atoms with E-state index in [0.29, 0.717) is 23.5 Å². The highest BCUT2D eigenvalue weighted by Gasteiger charge is 2.22. The molecular formula is C33H33N3O4S. The quantitative estimate of drug-likeness (QED) is 0.190. The summed E-state index contributed by atoms with van der Waals surface area (Å²) in [6.45, 7) is 6.59. The van der Waals surface area contributed by atoms with Crippen LogP contribution in [-0.2, 0) is 22.0 Å². The van der Waals surface area contributed by atoms with Gasteiger partial charge in [-0.05, 0) is 64.6 Å². The van der Waals surface area contributed by atoms with Gasteiger partial charge in [-0.3, -0.25) is 9.52 Å². The van der Waals surface area contributed by atoms with Gasteiger partial charge in [-0.15, -0.1) is 0 Å². The SMILES string of the molecule is COc1ccc(CNC(=O)c2[nH]c3ccc(NS(=O)(=O)c4ccc(C(C)(C)C)cc4)cc3c2-c2ccccc2)cc1. The number of H-pyrrole nitrogens is 1. The van der Waals surface area contributed by atoms with Crippen molar-refractivity contribution in [2.24, 2.45) is 0 Å². The molecule has 0 atom stereocenters. The van der Waals surface area contributed by atoms with Crippen molar-refractivity contribution in [2.75, 3.05) is 11.8 Å². The summed E-state index contributed by atoms with van der Waals surface area (Å²) in [4.78, 5) is 16.9. The number of rotatable bonds is 8. The fourth-order valence-electron chi connectivity index (χ4n) is 4.69. The van der Waals surface area contributed by atoms with Crippen LogP contribution in [0.5, 0.6) is 5.75 Å². The van der Waals surface area contributed by atoms with Crippen LogP contribution in [0.1, 0.15) is 42.4 Å². The van der Waals surface area contributed by atoms with Crippen LogP contribution >= 0.6 is 0 Å². The van der Waals surface area contributed by atoms with Gasteiger partial charge in [0, 0.05) is 28.7 Å². The summed E-state index contributed by atoms with van der Waals surface area (Å²) in [5, 5.41) is 3.72. The van der Waals surface area contributed by atoms with E-state index in [1.54, 1.807) is 37.4 Å². The molecule has 8 heteroatoms. The molecular weight excluding hydrogens is 534 g/mol. The molecule has 1 aromatic heterocycles. The molecule has 1 heterocycles.